The molecule has 1 heterocycles. The summed E-state index contributed by atoms with van der Waals surface area (Å²) in [5.74, 6) is 0.375. The standard InChI is InChI=1S/C25H19F3N2O3S/c1-15-11-19(9-10-22(15)25(26,27)28)23-12-16(2)29-24(30-23)20-7-3-5-17(13-20)18-6-4-8-21(14-18)34(31,32)33/h3-14H,1-2H3,(H,31,32,33). The second kappa shape index (κ2) is 8.66. The van der Waals surface area contributed by atoms with Crippen molar-refractivity contribution in [3.63, 3.8) is 0 Å². The third kappa shape index (κ3) is 5.00. The number of hydrogen-bond donors (Lipinski definition) is 1. The van der Waals surface area contributed by atoms with E-state index in [1.807, 2.05) is 0 Å². The van der Waals surface area contributed by atoms with Crippen LogP contribution in [0.15, 0.2) is 77.7 Å². The van der Waals surface area contributed by atoms with E-state index in [2.05, 4.69) is 9.97 Å². The first-order valence-corrected chi connectivity index (χ1v) is 11.6. The fourth-order valence-corrected chi connectivity index (χ4v) is 4.19. The first kappa shape index (κ1) is 23.6. The maximum absolute atomic E-state index is 13.1. The molecule has 0 radical (unpaired) electrons. The molecule has 0 aliphatic carbocycles. The van der Waals surface area contributed by atoms with Crippen LogP contribution in [0.2, 0.25) is 0 Å². The van der Waals surface area contributed by atoms with Crippen LogP contribution in [0.1, 0.15) is 16.8 Å². The molecule has 0 aliphatic rings. The molecule has 4 rings (SSSR count). The highest BCUT2D eigenvalue weighted by atomic mass is 32.2. The summed E-state index contributed by atoms with van der Waals surface area (Å²) in [5, 5.41) is 0. The molecule has 3 aromatic carbocycles. The lowest BCUT2D eigenvalue weighted by molar-refractivity contribution is -0.138. The smallest absolute Gasteiger partial charge is 0.282 e. The van der Waals surface area contributed by atoms with Crippen LogP contribution in [-0.4, -0.2) is 22.9 Å². The average molecular weight is 484 g/mol. The van der Waals surface area contributed by atoms with Crippen molar-refractivity contribution in [3.8, 4) is 33.8 Å². The first-order valence-electron chi connectivity index (χ1n) is 10.1. The number of aryl methyl sites for hydroxylation is 2. The minimum atomic E-state index is -4.43. The van der Waals surface area contributed by atoms with Crippen molar-refractivity contribution in [1.29, 1.82) is 0 Å². The molecule has 0 aliphatic heterocycles. The third-order valence-corrected chi connectivity index (χ3v) is 6.12. The highest BCUT2D eigenvalue weighted by molar-refractivity contribution is 7.85. The van der Waals surface area contributed by atoms with Crippen LogP contribution in [0.25, 0.3) is 33.8 Å². The molecular weight excluding hydrogens is 465 g/mol. The Morgan fingerprint density at radius 2 is 1.41 bits per heavy atom. The normalized spacial score (nSPS) is 12.1. The summed E-state index contributed by atoms with van der Waals surface area (Å²) in [6.07, 6.45) is -4.43. The van der Waals surface area contributed by atoms with Crippen molar-refractivity contribution in [2.75, 3.05) is 0 Å². The Labute approximate surface area is 194 Å². The van der Waals surface area contributed by atoms with Crippen molar-refractivity contribution in [3.05, 3.63) is 89.6 Å². The van der Waals surface area contributed by atoms with Gasteiger partial charge in [-0.25, -0.2) is 9.97 Å². The molecule has 5 nitrogen and oxygen atoms in total. The zero-order valence-corrected chi connectivity index (χ0v) is 18.9. The summed E-state index contributed by atoms with van der Waals surface area (Å²) in [4.78, 5) is 8.82. The molecular formula is C25H19F3N2O3S. The van der Waals surface area contributed by atoms with Crippen LogP contribution in [0.3, 0.4) is 0 Å². The summed E-state index contributed by atoms with van der Waals surface area (Å²) < 4.78 is 71.7. The fourth-order valence-electron chi connectivity index (χ4n) is 3.66. The van der Waals surface area contributed by atoms with Crippen LogP contribution >= 0.6 is 0 Å². The van der Waals surface area contributed by atoms with Crippen LogP contribution in [0.5, 0.6) is 0 Å². The molecule has 0 amide bonds. The zero-order chi connectivity index (χ0) is 24.7. The van der Waals surface area contributed by atoms with E-state index in [4.69, 9.17) is 0 Å². The lowest BCUT2D eigenvalue weighted by Gasteiger charge is -2.12. The lowest BCUT2D eigenvalue weighted by Crippen LogP contribution is -2.07. The van der Waals surface area contributed by atoms with Crippen molar-refractivity contribution >= 4 is 10.1 Å². The van der Waals surface area contributed by atoms with Gasteiger partial charge in [0.2, 0.25) is 0 Å². The van der Waals surface area contributed by atoms with Gasteiger partial charge in [-0.1, -0.05) is 36.4 Å². The van der Waals surface area contributed by atoms with E-state index < -0.39 is 21.9 Å². The summed E-state index contributed by atoms with van der Waals surface area (Å²) >= 11 is 0. The molecule has 0 saturated heterocycles. The van der Waals surface area contributed by atoms with Gasteiger partial charge in [-0.2, -0.15) is 21.6 Å². The maximum Gasteiger partial charge on any atom is 0.416 e. The Morgan fingerprint density at radius 3 is 2.06 bits per heavy atom. The predicted molar refractivity (Wildman–Crippen MR) is 123 cm³/mol. The highest BCUT2D eigenvalue weighted by Crippen LogP contribution is 2.34. The molecule has 0 unspecified atom stereocenters. The summed E-state index contributed by atoms with van der Waals surface area (Å²) in [6.45, 7) is 3.18. The monoisotopic (exact) mass is 484 g/mol. The Kier molecular flexibility index (Phi) is 6.01. The van der Waals surface area contributed by atoms with Crippen LogP contribution in [0.4, 0.5) is 13.2 Å². The maximum atomic E-state index is 13.1. The molecule has 0 spiro atoms. The Morgan fingerprint density at radius 1 is 0.765 bits per heavy atom. The second-order valence-corrected chi connectivity index (χ2v) is 9.25. The molecule has 0 saturated carbocycles. The number of hydrogen-bond acceptors (Lipinski definition) is 4. The first-order chi connectivity index (χ1) is 15.9. The highest BCUT2D eigenvalue weighted by Gasteiger charge is 2.32. The van der Waals surface area contributed by atoms with Gasteiger partial charge in [-0.05, 0) is 66.9 Å². The van der Waals surface area contributed by atoms with Gasteiger partial charge in [-0.15, -0.1) is 0 Å². The van der Waals surface area contributed by atoms with Gasteiger partial charge in [0.05, 0.1) is 16.2 Å². The minimum Gasteiger partial charge on any atom is -0.282 e. The SMILES string of the molecule is Cc1cc(-c2ccc(C(F)(F)F)c(C)c2)nc(-c2cccc(-c3cccc(S(=O)(=O)O)c3)c2)n1. The number of halogens is 3. The second-order valence-electron chi connectivity index (χ2n) is 7.83. The van der Waals surface area contributed by atoms with E-state index in [9.17, 15) is 26.1 Å². The zero-order valence-electron chi connectivity index (χ0n) is 18.1. The van der Waals surface area contributed by atoms with Gasteiger partial charge in [0.15, 0.2) is 5.82 Å². The van der Waals surface area contributed by atoms with Crippen molar-refractivity contribution in [2.45, 2.75) is 24.9 Å². The van der Waals surface area contributed by atoms with Gasteiger partial charge < -0.3 is 0 Å². The van der Waals surface area contributed by atoms with Crippen molar-refractivity contribution < 1.29 is 26.1 Å². The Hall–Kier alpha value is -3.56. The van der Waals surface area contributed by atoms with E-state index in [0.717, 1.165) is 6.07 Å². The minimum absolute atomic E-state index is 0.100. The summed E-state index contributed by atoms with van der Waals surface area (Å²) in [7, 11) is -4.35. The van der Waals surface area contributed by atoms with E-state index in [1.165, 1.54) is 37.3 Å². The number of nitrogens with zero attached hydrogens (tertiary/aromatic N) is 2. The van der Waals surface area contributed by atoms with Gasteiger partial charge in [-0.3, -0.25) is 4.55 Å². The van der Waals surface area contributed by atoms with E-state index in [0.29, 0.717) is 39.5 Å². The number of alkyl halides is 3. The molecule has 9 heteroatoms. The largest absolute Gasteiger partial charge is 0.416 e. The molecule has 34 heavy (non-hydrogen) atoms. The van der Waals surface area contributed by atoms with Crippen LogP contribution < -0.4 is 0 Å². The van der Waals surface area contributed by atoms with Gasteiger partial charge in [0.25, 0.3) is 10.1 Å². The van der Waals surface area contributed by atoms with Gasteiger partial charge in [0, 0.05) is 16.8 Å². The Bertz CT molecular complexity index is 1500. The predicted octanol–water partition coefficient (Wildman–Crippen LogP) is 6.36. The number of aromatic nitrogens is 2. The van der Waals surface area contributed by atoms with Gasteiger partial charge in [0.1, 0.15) is 0 Å². The van der Waals surface area contributed by atoms with E-state index in [-0.39, 0.29) is 10.5 Å². The fraction of sp³-hybridized carbons (Fsp3) is 0.120. The third-order valence-electron chi connectivity index (χ3n) is 5.27. The average Bonchev–Trinajstić information content (AvgIpc) is 2.77. The molecule has 4 aromatic rings. The van der Waals surface area contributed by atoms with Crippen molar-refractivity contribution in [1.82, 2.24) is 9.97 Å². The van der Waals surface area contributed by atoms with Crippen LogP contribution in [0, 0.1) is 13.8 Å². The summed E-state index contributed by atoms with van der Waals surface area (Å²) in [6, 6.07) is 18.6. The number of benzene rings is 3. The summed E-state index contributed by atoms with van der Waals surface area (Å²) in [5.41, 5.74) is 2.96. The quantitative estimate of drug-likeness (QED) is 0.341. The molecule has 0 fully saturated rings. The van der Waals surface area contributed by atoms with Gasteiger partial charge >= 0.3 is 6.18 Å². The molecule has 1 N–H and O–H groups in total. The molecule has 0 bridgehead atoms. The topological polar surface area (TPSA) is 80.2 Å². The number of rotatable bonds is 4. The van der Waals surface area contributed by atoms with E-state index in [1.54, 1.807) is 43.3 Å². The molecule has 174 valence electrons. The van der Waals surface area contributed by atoms with E-state index >= 15 is 0 Å². The molecule has 0 atom stereocenters. The van der Waals surface area contributed by atoms with Crippen LogP contribution in [-0.2, 0) is 16.3 Å². The van der Waals surface area contributed by atoms with Crippen molar-refractivity contribution in [2.24, 2.45) is 0 Å². The lowest BCUT2D eigenvalue weighted by atomic mass is 10.0. The molecule has 1 aromatic heterocycles. The Balaban J connectivity index is 1.76.